The first-order valence-electron chi connectivity index (χ1n) is 6.75. The van der Waals surface area contributed by atoms with Crippen LogP contribution in [0.3, 0.4) is 0 Å². The molecule has 18 heavy (non-hydrogen) atoms. The van der Waals surface area contributed by atoms with E-state index >= 15 is 0 Å². The van der Waals surface area contributed by atoms with E-state index in [2.05, 4.69) is 49.9 Å². The molecule has 1 unspecified atom stereocenters. The van der Waals surface area contributed by atoms with Crippen LogP contribution in [0.25, 0.3) is 6.08 Å². The van der Waals surface area contributed by atoms with Crippen LogP contribution in [0.2, 0.25) is 0 Å². The van der Waals surface area contributed by atoms with Crippen LogP contribution in [-0.4, -0.2) is 19.7 Å². The Morgan fingerprint density at radius 1 is 1.33 bits per heavy atom. The third-order valence-corrected chi connectivity index (χ3v) is 3.36. The molecule has 1 aromatic rings. The van der Waals surface area contributed by atoms with Gasteiger partial charge in [0.2, 0.25) is 0 Å². The number of ether oxygens (including phenoxy) is 1. The van der Waals surface area contributed by atoms with Crippen molar-refractivity contribution in [2.24, 2.45) is 0 Å². The van der Waals surface area contributed by atoms with Crippen molar-refractivity contribution in [1.29, 1.82) is 0 Å². The first-order valence-corrected chi connectivity index (χ1v) is 6.75. The van der Waals surface area contributed by atoms with Crippen molar-refractivity contribution in [3.05, 3.63) is 29.8 Å². The average Bonchev–Trinajstić information content (AvgIpc) is 2.41. The van der Waals surface area contributed by atoms with Crippen LogP contribution in [0.4, 0.5) is 5.69 Å². The van der Waals surface area contributed by atoms with Gasteiger partial charge in [0.25, 0.3) is 0 Å². The summed E-state index contributed by atoms with van der Waals surface area (Å²) in [4.78, 5) is 2.40. The second kappa shape index (κ2) is 7.10. The van der Waals surface area contributed by atoms with Crippen molar-refractivity contribution in [2.75, 3.05) is 18.6 Å². The SMILES string of the molecule is C/C=C/c1ccc(N(CC)C(C)CC)cc1OC. The van der Waals surface area contributed by atoms with Crippen molar-refractivity contribution in [2.45, 2.75) is 40.2 Å². The number of nitrogens with zero attached hydrogens (tertiary/aromatic N) is 1. The van der Waals surface area contributed by atoms with E-state index in [1.54, 1.807) is 7.11 Å². The number of allylic oxidation sites excluding steroid dienone is 1. The van der Waals surface area contributed by atoms with Gasteiger partial charge in [-0.3, -0.25) is 0 Å². The van der Waals surface area contributed by atoms with Crippen LogP contribution < -0.4 is 9.64 Å². The highest BCUT2D eigenvalue weighted by Gasteiger charge is 2.12. The fraction of sp³-hybridized carbons (Fsp3) is 0.500. The number of methoxy groups -OCH3 is 1. The molecule has 100 valence electrons. The van der Waals surface area contributed by atoms with E-state index < -0.39 is 0 Å². The van der Waals surface area contributed by atoms with Crippen molar-refractivity contribution in [3.63, 3.8) is 0 Å². The number of benzene rings is 1. The zero-order valence-electron chi connectivity index (χ0n) is 12.2. The number of anilines is 1. The van der Waals surface area contributed by atoms with Gasteiger partial charge in [-0.05, 0) is 39.3 Å². The molecule has 0 amide bonds. The molecular formula is C16H25NO. The molecule has 0 bridgehead atoms. The molecular weight excluding hydrogens is 222 g/mol. The van der Waals surface area contributed by atoms with E-state index in [0.29, 0.717) is 6.04 Å². The maximum atomic E-state index is 5.47. The third-order valence-electron chi connectivity index (χ3n) is 3.36. The molecule has 0 aliphatic heterocycles. The lowest BCUT2D eigenvalue weighted by atomic mass is 10.1. The van der Waals surface area contributed by atoms with E-state index in [9.17, 15) is 0 Å². The zero-order chi connectivity index (χ0) is 13.5. The summed E-state index contributed by atoms with van der Waals surface area (Å²) in [6.07, 6.45) is 5.25. The summed E-state index contributed by atoms with van der Waals surface area (Å²) in [5.41, 5.74) is 2.36. The number of hydrogen-bond acceptors (Lipinski definition) is 2. The Morgan fingerprint density at radius 3 is 2.56 bits per heavy atom. The predicted molar refractivity (Wildman–Crippen MR) is 80.5 cm³/mol. The van der Waals surface area contributed by atoms with Gasteiger partial charge in [-0.25, -0.2) is 0 Å². The lowest BCUT2D eigenvalue weighted by molar-refractivity contribution is 0.413. The number of hydrogen-bond donors (Lipinski definition) is 0. The fourth-order valence-corrected chi connectivity index (χ4v) is 2.16. The van der Waals surface area contributed by atoms with Gasteiger partial charge in [-0.1, -0.05) is 19.1 Å². The van der Waals surface area contributed by atoms with Gasteiger partial charge in [0, 0.05) is 29.9 Å². The molecule has 0 aliphatic rings. The molecule has 0 radical (unpaired) electrons. The van der Waals surface area contributed by atoms with E-state index in [1.807, 2.05) is 13.0 Å². The number of rotatable bonds is 6. The highest BCUT2D eigenvalue weighted by atomic mass is 16.5. The topological polar surface area (TPSA) is 12.5 Å². The molecule has 0 spiro atoms. The maximum absolute atomic E-state index is 5.47. The van der Waals surface area contributed by atoms with E-state index in [-0.39, 0.29) is 0 Å². The van der Waals surface area contributed by atoms with E-state index in [1.165, 1.54) is 5.69 Å². The Bertz CT molecular complexity index is 398. The van der Waals surface area contributed by atoms with Gasteiger partial charge in [0.05, 0.1) is 7.11 Å². The first-order chi connectivity index (χ1) is 8.67. The van der Waals surface area contributed by atoms with Crippen LogP contribution in [0.15, 0.2) is 24.3 Å². The quantitative estimate of drug-likeness (QED) is 0.741. The van der Waals surface area contributed by atoms with Gasteiger partial charge in [-0.15, -0.1) is 0 Å². The lowest BCUT2D eigenvalue weighted by Crippen LogP contribution is -2.32. The minimum Gasteiger partial charge on any atom is -0.496 e. The Kier molecular flexibility index (Phi) is 5.76. The van der Waals surface area contributed by atoms with Crippen LogP contribution >= 0.6 is 0 Å². The highest BCUT2D eigenvalue weighted by molar-refractivity contribution is 5.63. The summed E-state index contributed by atoms with van der Waals surface area (Å²) < 4.78 is 5.47. The van der Waals surface area contributed by atoms with Crippen molar-refractivity contribution in [1.82, 2.24) is 0 Å². The Hall–Kier alpha value is -1.44. The van der Waals surface area contributed by atoms with Crippen molar-refractivity contribution >= 4 is 11.8 Å². The molecule has 0 N–H and O–H groups in total. The largest absolute Gasteiger partial charge is 0.496 e. The van der Waals surface area contributed by atoms with Crippen LogP contribution in [0.5, 0.6) is 5.75 Å². The second-order valence-electron chi connectivity index (χ2n) is 4.47. The molecule has 1 atom stereocenters. The highest BCUT2D eigenvalue weighted by Crippen LogP contribution is 2.28. The van der Waals surface area contributed by atoms with Gasteiger partial charge < -0.3 is 9.64 Å². The maximum Gasteiger partial charge on any atom is 0.128 e. The summed E-state index contributed by atoms with van der Waals surface area (Å²) in [7, 11) is 1.73. The van der Waals surface area contributed by atoms with Gasteiger partial charge in [0.1, 0.15) is 5.75 Å². The Balaban J connectivity index is 3.10. The smallest absolute Gasteiger partial charge is 0.128 e. The Morgan fingerprint density at radius 2 is 2.06 bits per heavy atom. The lowest BCUT2D eigenvalue weighted by Gasteiger charge is -2.30. The minimum atomic E-state index is 0.548. The second-order valence-corrected chi connectivity index (χ2v) is 4.47. The molecule has 0 aliphatic carbocycles. The van der Waals surface area contributed by atoms with Crippen LogP contribution in [0.1, 0.15) is 39.7 Å². The summed E-state index contributed by atoms with van der Waals surface area (Å²) >= 11 is 0. The summed E-state index contributed by atoms with van der Waals surface area (Å²) in [5, 5.41) is 0. The van der Waals surface area contributed by atoms with Gasteiger partial charge in [0.15, 0.2) is 0 Å². The molecule has 2 heteroatoms. The van der Waals surface area contributed by atoms with Crippen molar-refractivity contribution < 1.29 is 4.74 Å². The molecule has 0 heterocycles. The predicted octanol–water partition coefficient (Wildman–Crippen LogP) is 4.35. The normalized spacial score (nSPS) is 12.7. The summed E-state index contributed by atoms with van der Waals surface area (Å²) in [6, 6.07) is 6.98. The molecule has 1 rings (SSSR count). The standard InChI is InChI=1S/C16H25NO/c1-6-9-14-10-11-15(12-16(14)18-5)17(8-3)13(4)7-2/h6,9-13H,7-8H2,1-5H3/b9-6+. The molecule has 0 saturated carbocycles. The Labute approximate surface area is 111 Å². The fourth-order valence-electron chi connectivity index (χ4n) is 2.16. The zero-order valence-corrected chi connectivity index (χ0v) is 12.2. The molecule has 2 nitrogen and oxygen atoms in total. The average molecular weight is 247 g/mol. The van der Waals surface area contributed by atoms with Gasteiger partial charge in [-0.2, -0.15) is 0 Å². The van der Waals surface area contributed by atoms with Crippen LogP contribution in [-0.2, 0) is 0 Å². The monoisotopic (exact) mass is 247 g/mol. The summed E-state index contributed by atoms with van der Waals surface area (Å²) in [5.74, 6) is 0.937. The molecule has 0 saturated heterocycles. The first kappa shape index (κ1) is 14.6. The molecule has 0 fully saturated rings. The third kappa shape index (κ3) is 3.28. The molecule has 0 aromatic heterocycles. The van der Waals surface area contributed by atoms with Crippen molar-refractivity contribution in [3.8, 4) is 5.75 Å². The summed E-state index contributed by atoms with van der Waals surface area (Å²) in [6.45, 7) is 9.71. The molecule has 1 aromatic carbocycles. The van der Waals surface area contributed by atoms with Gasteiger partial charge >= 0.3 is 0 Å². The minimum absolute atomic E-state index is 0.548. The van der Waals surface area contributed by atoms with Crippen LogP contribution in [0, 0.1) is 0 Å². The van der Waals surface area contributed by atoms with E-state index in [4.69, 9.17) is 4.74 Å². The van der Waals surface area contributed by atoms with E-state index in [0.717, 1.165) is 24.3 Å².